The molecule has 126 valence electrons. The van der Waals surface area contributed by atoms with E-state index >= 15 is 0 Å². The standard InChI is InChI=1S/C14H18N8O2/c1-19(2)12-15-13-18-17-11(21(13)14(16-12)20(3)4)9-7-5-6-8-10(9)22(23)24/h5-8,22-23H,1-4H3. The Labute approximate surface area is 138 Å². The lowest BCUT2D eigenvalue weighted by atomic mass is 10.1. The Bertz CT molecular complexity index is 874. The number of hydrogen-bond acceptors (Lipinski definition) is 8. The maximum absolute atomic E-state index is 11.5. The van der Waals surface area contributed by atoms with E-state index < -0.39 is 5.23 Å². The monoisotopic (exact) mass is 330 g/mol. The molecule has 3 rings (SSSR count). The van der Waals surface area contributed by atoms with Gasteiger partial charge in [-0.1, -0.05) is 12.1 Å². The lowest BCUT2D eigenvalue weighted by molar-refractivity contribution is -0.991. The molecule has 10 nitrogen and oxygen atoms in total. The summed E-state index contributed by atoms with van der Waals surface area (Å²) in [6, 6.07) is 6.65. The number of anilines is 2. The van der Waals surface area contributed by atoms with Gasteiger partial charge in [-0.3, -0.25) is 0 Å². The highest BCUT2D eigenvalue weighted by molar-refractivity contribution is 5.70. The SMILES string of the molecule is CN(C)c1nc(N(C)C)n2c(-c3ccccc3[NH+]([O-])O)nnc2n1. The first-order valence-electron chi connectivity index (χ1n) is 7.20. The van der Waals surface area contributed by atoms with Crippen LogP contribution in [0.1, 0.15) is 0 Å². The van der Waals surface area contributed by atoms with Crippen LogP contribution < -0.4 is 15.0 Å². The zero-order chi connectivity index (χ0) is 17.4. The molecule has 0 amide bonds. The molecule has 24 heavy (non-hydrogen) atoms. The van der Waals surface area contributed by atoms with Crippen molar-refractivity contribution in [1.29, 1.82) is 0 Å². The minimum absolute atomic E-state index is 0.146. The third kappa shape index (κ3) is 2.62. The molecule has 0 bridgehead atoms. The maximum atomic E-state index is 11.5. The summed E-state index contributed by atoms with van der Waals surface area (Å²) in [5.41, 5.74) is 0.606. The maximum Gasteiger partial charge on any atom is 0.261 e. The molecule has 1 unspecified atom stereocenters. The van der Waals surface area contributed by atoms with Gasteiger partial charge in [0.25, 0.3) is 5.78 Å². The van der Waals surface area contributed by atoms with Crippen molar-refractivity contribution in [3.63, 3.8) is 0 Å². The second-order valence-electron chi connectivity index (χ2n) is 5.62. The van der Waals surface area contributed by atoms with E-state index in [1.54, 1.807) is 32.4 Å². The highest BCUT2D eigenvalue weighted by atomic mass is 16.8. The fraction of sp³-hybridized carbons (Fsp3) is 0.286. The van der Waals surface area contributed by atoms with Crippen LogP contribution in [-0.2, 0) is 0 Å². The number of nitrogens with one attached hydrogen (secondary N) is 1. The molecule has 0 saturated carbocycles. The van der Waals surface area contributed by atoms with Gasteiger partial charge in [0, 0.05) is 34.3 Å². The van der Waals surface area contributed by atoms with Crippen molar-refractivity contribution in [1.82, 2.24) is 24.6 Å². The summed E-state index contributed by atoms with van der Waals surface area (Å²) in [6.45, 7) is 0. The number of benzene rings is 1. The molecule has 2 heterocycles. The lowest BCUT2D eigenvalue weighted by Crippen LogP contribution is -2.99. The molecule has 0 aliphatic heterocycles. The molecule has 0 aliphatic rings. The molecule has 10 heteroatoms. The van der Waals surface area contributed by atoms with Gasteiger partial charge in [0.2, 0.25) is 11.9 Å². The Morgan fingerprint density at radius 1 is 1.04 bits per heavy atom. The lowest BCUT2D eigenvalue weighted by Gasteiger charge is -2.18. The Morgan fingerprint density at radius 2 is 1.75 bits per heavy atom. The van der Waals surface area contributed by atoms with E-state index in [1.807, 2.05) is 28.2 Å². The molecule has 1 aromatic carbocycles. The fourth-order valence-electron chi connectivity index (χ4n) is 2.33. The number of quaternary nitrogens is 1. The first kappa shape index (κ1) is 16.1. The summed E-state index contributed by atoms with van der Waals surface area (Å²) in [5, 5.41) is 28.2. The number of hydrogen-bond donors (Lipinski definition) is 2. The zero-order valence-electron chi connectivity index (χ0n) is 13.8. The van der Waals surface area contributed by atoms with Gasteiger partial charge in [-0.2, -0.15) is 15.2 Å². The first-order valence-corrected chi connectivity index (χ1v) is 7.20. The van der Waals surface area contributed by atoms with Crippen LogP contribution in [0.25, 0.3) is 17.2 Å². The topological polar surface area (TPSA) is 110 Å². The van der Waals surface area contributed by atoms with Crippen molar-refractivity contribution in [2.75, 3.05) is 38.0 Å². The van der Waals surface area contributed by atoms with Gasteiger partial charge < -0.3 is 15.0 Å². The molecular formula is C14H18N8O2. The van der Waals surface area contributed by atoms with Crippen LogP contribution in [0.5, 0.6) is 0 Å². The molecule has 0 saturated heterocycles. The van der Waals surface area contributed by atoms with Crippen molar-refractivity contribution in [2.24, 2.45) is 0 Å². The van der Waals surface area contributed by atoms with Crippen LogP contribution in [0.2, 0.25) is 0 Å². The van der Waals surface area contributed by atoms with Crippen LogP contribution in [-0.4, -0.2) is 58.0 Å². The average Bonchev–Trinajstić information content (AvgIpc) is 2.97. The van der Waals surface area contributed by atoms with E-state index in [0.717, 1.165) is 0 Å². The van der Waals surface area contributed by atoms with Gasteiger partial charge in [-0.25, -0.2) is 9.61 Å². The van der Waals surface area contributed by atoms with Crippen molar-refractivity contribution < 1.29 is 10.4 Å². The third-order valence-corrected chi connectivity index (χ3v) is 3.44. The molecule has 2 aromatic heterocycles. The van der Waals surface area contributed by atoms with Crippen LogP contribution in [0.15, 0.2) is 24.3 Å². The van der Waals surface area contributed by atoms with E-state index in [-0.39, 0.29) is 5.69 Å². The summed E-state index contributed by atoms with van der Waals surface area (Å²) < 4.78 is 1.65. The van der Waals surface area contributed by atoms with Crippen molar-refractivity contribution >= 4 is 23.4 Å². The van der Waals surface area contributed by atoms with E-state index in [2.05, 4.69) is 20.2 Å². The smallest absolute Gasteiger partial charge is 0.261 e. The molecular weight excluding hydrogens is 312 g/mol. The number of para-hydroxylation sites is 1. The Morgan fingerprint density at radius 3 is 2.38 bits per heavy atom. The van der Waals surface area contributed by atoms with Gasteiger partial charge in [-0.05, 0) is 6.07 Å². The Hall–Kier alpha value is -2.82. The summed E-state index contributed by atoms with van der Waals surface area (Å²) in [6.07, 6.45) is 0. The molecule has 0 radical (unpaired) electrons. The van der Waals surface area contributed by atoms with Crippen LogP contribution in [0.4, 0.5) is 17.6 Å². The van der Waals surface area contributed by atoms with Gasteiger partial charge in [0.05, 0.1) is 5.56 Å². The van der Waals surface area contributed by atoms with E-state index in [9.17, 15) is 10.4 Å². The number of fused-ring (bicyclic) bond motifs is 1. The van der Waals surface area contributed by atoms with E-state index in [1.165, 1.54) is 6.07 Å². The zero-order valence-corrected chi connectivity index (χ0v) is 13.8. The van der Waals surface area contributed by atoms with E-state index in [4.69, 9.17) is 0 Å². The second-order valence-corrected chi connectivity index (χ2v) is 5.62. The minimum atomic E-state index is -1.03. The molecule has 0 aliphatic carbocycles. The summed E-state index contributed by atoms with van der Waals surface area (Å²) in [4.78, 5) is 12.5. The second kappa shape index (κ2) is 6.00. The highest BCUT2D eigenvalue weighted by Crippen LogP contribution is 2.27. The Balaban J connectivity index is 2.32. The van der Waals surface area contributed by atoms with Gasteiger partial charge in [-0.15, -0.1) is 10.2 Å². The molecule has 2 N–H and O–H groups in total. The van der Waals surface area contributed by atoms with Crippen LogP contribution in [0, 0.1) is 5.21 Å². The van der Waals surface area contributed by atoms with Gasteiger partial charge >= 0.3 is 0 Å². The summed E-state index contributed by atoms with van der Waals surface area (Å²) >= 11 is 0. The molecule has 3 aromatic rings. The van der Waals surface area contributed by atoms with Crippen LogP contribution in [0.3, 0.4) is 0 Å². The predicted octanol–water partition coefficient (Wildman–Crippen LogP) is -0.278. The largest absolute Gasteiger partial charge is 0.595 e. The molecule has 0 spiro atoms. The summed E-state index contributed by atoms with van der Waals surface area (Å²) in [7, 11) is 7.35. The van der Waals surface area contributed by atoms with Crippen molar-refractivity contribution in [2.45, 2.75) is 0 Å². The molecule has 1 atom stereocenters. The molecule has 0 fully saturated rings. The van der Waals surface area contributed by atoms with E-state index in [0.29, 0.717) is 29.1 Å². The normalized spacial score (nSPS) is 12.4. The predicted molar refractivity (Wildman–Crippen MR) is 88.4 cm³/mol. The van der Waals surface area contributed by atoms with Gasteiger partial charge in [0.1, 0.15) is 0 Å². The van der Waals surface area contributed by atoms with Crippen LogP contribution >= 0.6 is 0 Å². The van der Waals surface area contributed by atoms with Gasteiger partial charge in [0.15, 0.2) is 11.5 Å². The Kier molecular flexibility index (Phi) is 4.01. The van der Waals surface area contributed by atoms with Crippen molar-refractivity contribution in [3.8, 4) is 11.4 Å². The summed E-state index contributed by atoms with van der Waals surface area (Å²) in [5.74, 6) is 1.80. The number of rotatable bonds is 4. The minimum Gasteiger partial charge on any atom is -0.595 e. The fourth-order valence-corrected chi connectivity index (χ4v) is 2.33. The quantitative estimate of drug-likeness (QED) is 0.629. The number of nitrogens with zero attached hydrogens (tertiary/aromatic N) is 7. The third-order valence-electron chi connectivity index (χ3n) is 3.44. The highest BCUT2D eigenvalue weighted by Gasteiger charge is 2.21. The van der Waals surface area contributed by atoms with Crippen molar-refractivity contribution in [3.05, 3.63) is 29.5 Å². The first-order chi connectivity index (χ1) is 11.4. The number of aromatic nitrogens is 5. The average molecular weight is 330 g/mol.